The normalized spacial score (nSPS) is 21.0. The standard InChI is InChI=1S/C11H22O2S/c1-10(5-9-14)2-8-13-11-3-6-12-7-4-11/h10-11,14H,2-9H2,1H3. The number of thiol groups is 1. The molecule has 1 rings (SSSR count). The predicted octanol–water partition coefficient (Wildman–Crippen LogP) is 2.53. The minimum atomic E-state index is 0.451. The average Bonchev–Trinajstić information content (AvgIpc) is 2.20. The summed E-state index contributed by atoms with van der Waals surface area (Å²) in [5.41, 5.74) is 0. The third kappa shape index (κ3) is 5.23. The van der Waals surface area contributed by atoms with Gasteiger partial charge in [-0.25, -0.2) is 0 Å². The van der Waals surface area contributed by atoms with Gasteiger partial charge in [0.25, 0.3) is 0 Å². The Morgan fingerprint density at radius 3 is 2.71 bits per heavy atom. The number of rotatable bonds is 6. The monoisotopic (exact) mass is 218 g/mol. The van der Waals surface area contributed by atoms with Crippen molar-refractivity contribution in [3.63, 3.8) is 0 Å². The Morgan fingerprint density at radius 1 is 1.36 bits per heavy atom. The second-order valence-corrected chi connectivity index (χ2v) is 4.54. The minimum absolute atomic E-state index is 0.451. The molecule has 1 aliphatic rings. The van der Waals surface area contributed by atoms with Gasteiger partial charge in [-0.1, -0.05) is 6.92 Å². The van der Waals surface area contributed by atoms with Gasteiger partial charge in [-0.05, 0) is 37.4 Å². The third-order valence-electron chi connectivity index (χ3n) is 2.75. The quantitative estimate of drug-likeness (QED) is 0.691. The maximum absolute atomic E-state index is 5.79. The van der Waals surface area contributed by atoms with E-state index in [9.17, 15) is 0 Å². The minimum Gasteiger partial charge on any atom is -0.381 e. The van der Waals surface area contributed by atoms with E-state index in [4.69, 9.17) is 9.47 Å². The average molecular weight is 218 g/mol. The maximum Gasteiger partial charge on any atom is 0.0619 e. The van der Waals surface area contributed by atoms with Gasteiger partial charge in [-0.2, -0.15) is 12.6 Å². The van der Waals surface area contributed by atoms with Crippen molar-refractivity contribution in [2.24, 2.45) is 5.92 Å². The summed E-state index contributed by atoms with van der Waals surface area (Å²) >= 11 is 4.23. The van der Waals surface area contributed by atoms with Crippen LogP contribution in [0.4, 0.5) is 0 Å². The van der Waals surface area contributed by atoms with Crippen LogP contribution in [-0.4, -0.2) is 31.7 Å². The fourth-order valence-corrected chi connectivity index (χ4v) is 2.08. The fraction of sp³-hybridized carbons (Fsp3) is 1.00. The third-order valence-corrected chi connectivity index (χ3v) is 3.01. The van der Waals surface area contributed by atoms with Gasteiger partial charge in [-0.3, -0.25) is 0 Å². The van der Waals surface area contributed by atoms with Crippen molar-refractivity contribution in [2.45, 2.75) is 38.7 Å². The van der Waals surface area contributed by atoms with Crippen LogP contribution in [0.25, 0.3) is 0 Å². The number of hydrogen-bond acceptors (Lipinski definition) is 3. The van der Waals surface area contributed by atoms with Crippen molar-refractivity contribution in [3.8, 4) is 0 Å². The molecule has 1 heterocycles. The Hall–Kier alpha value is 0.270. The van der Waals surface area contributed by atoms with Crippen molar-refractivity contribution < 1.29 is 9.47 Å². The van der Waals surface area contributed by atoms with Gasteiger partial charge in [0.2, 0.25) is 0 Å². The van der Waals surface area contributed by atoms with E-state index in [-0.39, 0.29) is 0 Å². The molecule has 1 atom stereocenters. The van der Waals surface area contributed by atoms with Crippen LogP contribution in [0.5, 0.6) is 0 Å². The molecule has 2 nitrogen and oxygen atoms in total. The van der Waals surface area contributed by atoms with Crippen LogP contribution in [0.1, 0.15) is 32.6 Å². The molecule has 0 amide bonds. The SMILES string of the molecule is CC(CCS)CCOC1CCOCC1. The zero-order valence-corrected chi connectivity index (χ0v) is 9.97. The smallest absolute Gasteiger partial charge is 0.0619 e. The maximum atomic E-state index is 5.79. The van der Waals surface area contributed by atoms with E-state index < -0.39 is 0 Å². The van der Waals surface area contributed by atoms with Gasteiger partial charge in [0.05, 0.1) is 6.10 Å². The predicted molar refractivity (Wildman–Crippen MR) is 62.0 cm³/mol. The van der Waals surface area contributed by atoms with Crippen molar-refractivity contribution in [3.05, 3.63) is 0 Å². The largest absolute Gasteiger partial charge is 0.381 e. The van der Waals surface area contributed by atoms with Gasteiger partial charge in [-0.15, -0.1) is 0 Å². The van der Waals surface area contributed by atoms with Crippen molar-refractivity contribution in [1.29, 1.82) is 0 Å². The van der Waals surface area contributed by atoms with Crippen LogP contribution in [0.2, 0.25) is 0 Å². The van der Waals surface area contributed by atoms with Gasteiger partial charge in [0.1, 0.15) is 0 Å². The number of ether oxygens (including phenoxy) is 2. The Bertz CT molecular complexity index is 135. The number of hydrogen-bond donors (Lipinski definition) is 1. The molecule has 1 aliphatic heterocycles. The highest BCUT2D eigenvalue weighted by molar-refractivity contribution is 7.80. The van der Waals surface area contributed by atoms with Crippen molar-refractivity contribution in [2.75, 3.05) is 25.6 Å². The first-order chi connectivity index (χ1) is 6.83. The molecule has 1 saturated heterocycles. The van der Waals surface area contributed by atoms with Gasteiger partial charge in [0, 0.05) is 19.8 Å². The molecule has 84 valence electrons. The molecule has 0 bridgehead atoms. The molecule has 0 aromatic carbocycles. The molecule has 14 heavy (non-hydrogen) atoms. The summed E-state index contributed by atoms with van der Waals surface area (Å²) in [6.07, 6.45) is 4.95. The lowest BCUT2D eigenvalue weighted by molar-refractivity contribution is -0.0347. The first-order valence-corrected chi connectivity index (χ1v) is 6.26. The molecule has 3 heteroatoms. The second-order valence-electron chi connectivity index (χ2n) is 4.09. The molecule has 0 spiro atoms. The summed E-state index contributed by atoms with van der Waals surface area (Å²) in [5.74, 6) is 1.73. The van der Waals surface area contributed by atoms with Crippen LogP contribution in [-0.2, 0) is 9.47 Å². The summed E-state index contributed by atoms with van der Waals surface area (Å²) in [6.45, 7) is 4.91. The fourth-order valence-electron chi connectivity index (χ4n) is 1.64. The Labute approximate surface area is 92.8 Å². The zero-order chi connectivity index (χ0) is 10.2. The molecular weight excluding hydrogens is 196 g/mol. The highest BCUT2D eigenvalue weighted by Crippen LogP contribution is 2.13. The van der Waals surface area contributed by atoms with Crippen LogP contribution >= 0.6 is 12.6 Å². The Balaban J connectivity index is 1.96. The summed E-state index contributed by atoms with van der Waals surface area (Å²) < 4.78 is 11.1. The molecular formula is C11H22O2S. The molecule has 0 saturated carbocycles. The van der Waals surface area contributed by atoms with Gasteiger partial charge >= 0.3 is 0 Å². The van der Waals surface area contributed by atoms with E-state index in [1.54, 1.807) is 0 Å². The highest BCUT2D eigenvalue weighted by atomic mass is 32.1. The van der Waals surface area contributed by atoms with Gasteiger partial charge in [0.15, 0.2) is 0 Å². The Morgan fingerprint density at radius 2 is 2.07 bits per heavy atom. The summed E-state index contributed by atoms with van der Waals surface area (Å²) in [6, 6.07) is 0. The van der Waals surface area contributed by atoms with Crippen LogP contribution in [0.15, 0.2) is 0 Å². The van der Waals surface area contributed by atoms with E-state index >= 15 is 0 Å². The lowest BCUT2D eigenvalue weighted by Gasteiger charge is -2.23. The molecule has 1 fully saturated rings. The van der Waals surface area contributed by atoms with Crippen LogP contribution < -0.4 is 0 Å². The summed E-state index contributed by atoms with van der Waals surface area (Å²) in [7, 11) is 0. The van der Waals surface area contributed by atoms with Crippen molar-refractivity contribution >= 4 is 12.6 Å². The first kappa shape index (κ1) is 12.3. The lowest BCUT2D eigenvalue weighted by atomic mass is 10.1. The lowest BCUT2D eigenvalue weighted by Crippen LogP contribution is -2.24. The first-order valence-electron chi connectivity index (χ1n) is 5.63. The zero-order valence-electron chi connectivity index (χ0n) is 9.08. The highest BCUT2D eigenvalue weighted by Gasteiger charge is 2.13. The topological polar surface area (TPSA) is 18.5 Å². The van der Waals surface area contributed by atoms with E-state index in [0.717, 1.165) is 50.8 Å². The molecule has 0 N–H and O–H groups in total. The van der Waals surface area contributed by atoms with Gasteiger partial charge < -0.3 is 9.47 Å². The van der Waals surface area contributed by atoms with E-state index in [2.05, 4.69) is 19.6 Å². The molecule has 0 aromatic rings. The van der Waals surface area contributed by atoms with E-state index in [1.807, 2.05) is 0 Å². The second kappa shape index (κ2) is 7.55. The summed E-state index contributed by atoms with van der Waals surface area (Å²) in [5, 5.41) is 0. The van der Waals surface area contributed by atoms with Crippen LogP contribution in [0, 0.1) is 5.92 Å². The molecule has 1 unspecified atom stereocenters. The van der Waals surface area contributed by atoms with E-state index in [1.165, 1.54) is 6.42 Å². The van der Waals surface area contributed by atoms with Crippen molar-refractivity contribution in [1.82, 2.24) is 0 Å². The summed E-state index contributed by atoms with van der Waals surface area (Å²) in [4.78, 5) is 0. The van der Waals surface area contributed by atoms with E-state index in [0.29, 0.717) is 6.10 Å². The van der Waals surface area contributed by atoms with Crippen LogP contribution in [0.3, 0.4) is 0 Å². The molecule has 0 aliphatic carbocycles. The Kier molecular flexibility index (Phi) is 6.65. The molecule has 0 radical (unpaired) electrons. The molecule has 0 aromatic heterocycles.